The molecule has 1 N–H and O–H groups in total. The Kier molecular flexibility index (Phi) is 1.83. The highest BCUT2D eigenvalue weighted by Gasteiger charge is 2.52. The molecule has 1 aliphatic carbocycles. The van der Waals surface area contributed by atoms with E-state index in [1.807, 2.05) is 0 Å². The van der Waals surface area contributed by atoms with Crippen molar-refractivity contribution in [2.75, 3.05) is 6.61 Å². The van der Waals surface area contributed by atoms with Crippen molar-refractivity contribution in [1.82, 2.24) is 0 Å². The lowest BCUT2D eigenvalue weighted by Gasteiger charge is -2.41. The van der Waals surface area contributed by atoms with Gasteiger partial charge in [0, 0.05) is 6.61 Å². The summed E-state index contributed by atoms with van der Waals surface area (Å²) < 4.78 is 5.44. The smallest absolute Gasteiger partial charge is 0.312 e. The van der Waals surface area contributed by atoms with Gasteiger partial charge in [-0.1, -0.05) is 6.42 Å². The van der Waals surface area contributed by atoms with Crippen LogP contribution in [-0.2, 0) is 9.53 Å². The number of rotatable bonds is 2. The second kappa shape index (κ2) is 2.73. The first-order valence-electron chi connectivity index (χ1n) is 4.61. The lowest BCUT2D eigenvalue weighted by atomic mass is 9.64. The summed E-state index contributed by atoms with van der Waals surface area (Å²) in [6.45, 7) is 0.750. The predicted octanol–water partition coefficient (Wildman–Crippen LogP) is 1.42. The third-order valence-electron chi connectivity index (χ3n) is 3.22. The number of carboxylic acids is 1. The van der Waals surface area contributed by atoms with Crippen molar-refractivity contribution in [3.05, 3.63) is 0 Å². The van der Waals surface area contributed by atoms with Gasteiger partial charge in [-0.15, -0.1) is 0 Å². The van der Waals surface area contributed by atoms with Crippen molar-refractivity contribution < 1.29 is 14.6 Å². The van der Waals surface area contributed by atoms with Gasteiger partial charge in [0.2, 0.25) is 0 Å². The SMILES string of the molecule is O=C(O)C1([C@H]2CCCO2)CCC1. The van der Waals surface area contributed by atoms with Crippen molar-refractivity contribution in [2.45, 2.75) is 38.2 Å². The molecule has 3 nitrogen and oxygen atoms in total. The number of ether oxygens (including phenoxy) is 1. The number of carbonyl (C=O) groups is 1. The summed E-state index contributed by atoms with van der Waals surface area (Å²) in [7, 11) is 0. The first-order chi connectivity index (χ1) is 5.76. The summed E-state index contributed by atoms with van der Waals surface area (Å²) in [6, 6.07) is 0. The van der Waals surface area contributed by atoms with Crippen LogP contribution in [0.25, 0.3) is 0 Å². The molecule has 1 aliphatic heterocycles. The van der Waals surface area contributed by atoms with Crippen LogP contribution in [0.5, 0.6) is 0 Å². The molecule has 1 saturated heterocycles. The van der Waals surface area contributed by atoms with E-state index < -0.39 is 11.4 Å². The standard InChI is InChI=1S/C9H14O3/c10-8(11)9(4-2-5-9)7-3-1-6-12-7/h7H,1-6H2,(H,10,11)/t7-/m1/s1. The zero-order valence-corrected chi connectivity index (χ0v) is 7.08. The Labute approximate surface area is 71.7 Å². The molecule has 1 atom stereocenters. The maximum atomic E-state index is 11.0. The van der Waals surface area contributed by atoms with E-state index in [4.69, 9.17) is 9.84 Å². The number of carboxylic acid groups (broad SMARTS) is 1. The van der Waals surface area contributed by atoms with Crippen LogP contribution in [0, 0.1) is 5.41 Å². The van der Waals surface area contributed by atoms with Crippen LogP contribution in [0.1, 0.15) is 32.1 Å². The number of aliphatic carboxylic acids is 1. The summed E-state index contributed by atoms with van der Waals surface area (Å²) >= 11 is 0. The van der Waals surface area contributed by atoms with Crippen LogP contribution in [0.3, 0.4) is 0 Å². The maximum Gasteiger partial charge on any atom is 0.312 e. The Hall–Kier alpha value is -0.570. The number of hydrogen-bond acceptors (Lipinski definition) is 2. The molecule has 1 saturated carbocycles. The second-order valence-electron chi connectivity index (χ2n) is 3.82. The molecule has 0 amide bonds. The van der Waals surface area contributed by atoms with Gasteiger partial charge >= 0.3 is 5.97 Å². The Morgan fingerprint density at radius 2 is 2.17 bits per heavy atom. The zero-order chi connectivity index (χ0) is 8.60. The Bertz CT molecular complexity index is 190. The zero-order valence-electron chi connectivity index (χ0n) is 7.08. The summed E-state index contributed by atoms with van der Waals surface area (Å²) in [5, 5.41) is 9.06. The third kappa shape index (κ3) is 0.959. The Morgan fingerprint density at radius 3 is 2.50 bits per heavy atom. The topological polar surface area (TPSA) is 46.5 Å². The fourth-order valence-corrected chi connectivity index (χ4v) is 2.24. The average molecular weight is 170 g/mol. The van der Waals surface area contributed by atoms with Crippen LogP contribution >= 0.6 is 0 Å². The lowest BCUT2D eigenvalue weighted by molar-refractivity contribution is -0.166. The van der Waals surface area contributed by atoms with Gasteiger partial charge in [0.15, 0.2) is 0 Å². The second-order valence-corrected chi connectivity index (χ2v) is 3.82. The molecule has 0 aromatic carbocycles. The van der Waals surface area contributed by atoms with Crippen molar-refractivity contribution >= 4 is 5.97 Å². The van der Waals surface area contributed by atoms with Gasteiger partial charge in [-0.3, -0.25) is 4.79 Å². The molecular weight excluding hydrogens is 156 g/mol. The van der Waals surface area contributed by atoms with Crippen LogP contribution in [0.2, 0.25) is 0 Å². The number of hydrogen-bond donors (Lipinski definition) is 1. The van der Waals surface area contributed by atoms with E-state index in [0.717, 1.165) is 38.7 Å². The van der Waals surface area contributed by atoms with Gasteiger partial charge in [-0.2, -0.15) is 0 Å². The van der Waals surface area contributed by atoms with E-state index in [1.54, 1.807) is 0 Å². The van der Waals surface area contributed by atoms with E-state index >= 15 is 0 Å². The largest absolute Gasteiger partial charge is 0.481 e. The van der Waals surface area contributed by atoms with Gasteiger partial charge < -0.3 is 9.84 Å². The average Bonchev–Trinajstić information content (AvgIpc) is 2.35. The Balaban J connectivity index is 2.10. The van der Waals surface area contributed by atoms with Crippen molar-refractivity contribution in [3.63, 3.8) is 0 Å². The highest BCUT2D eigenvalue weighted by atomic mass is 16.5. The minimum atomic E-state index is -0.652. The molecule has 68 valence electrons. The first kappa shape index (κ1) is 8.05. The minimum absolute atomic E-state index is 0.00347. The molecule has 3 heteroatoms. The molecule has 0 radical (unpaired) electrons. The van der Waals surface area contributed by atoms with Gasteiger partial charge in [0.05, 0.1) is 11.5 Å². The molecule has 12 heavy (non-hydrogen) atoms. The van der Waals surface area contributed by atoms with Gasteiger partial charge in [-0.25, -0.2) is 0 Å². The first-order valence-corrected chi connectivity index (χ1v) is 4.61. The quantitative estimate of drug-likeness (QED) is 0.681. The molecule has 0 aromatic rings. The summed E-state index contributed by atoms with van der Waals surface area (Å²) in [5.74, 6) is -0.652. The highest BCUT2D eigenvalue weighted by Crippen LogP contribution is 2.48. The summed E-state index contributed by atoms with van der Waals surface area (Å²) in [6.07, 6.45) is 4.64. The molecule has 2 rings (SSSR count). The molecule has 1 heterocycles. The lowest BCUT2D eigenvalue weighted by Crippen LogP contribution is -2.47. The van der Waals surface area contributed by atoms with Crippen LogP contribution in [0.4, 0.5) is 0 Å². The van der Waals surface area contributed by atoms with Crippen molar-refractivity contribution in [2.24, 2.45) is 5.41 Å². The molecule has 2 fully saturated rings. The molecular formula is C9H14O3. The monoisotopic (exact) mass is 170 g/mol. The van der Waals surface area contributed by atoms with Crippen LogP contribution in [0.15, 0.2) is 0 Å². The van der Waals surface area contributed by atoms with Gasteiger partial charge in [0.1, 0.15) is 0 Å². The Morgan fingerprint density at radius 1 is 1.42 bits per heavy atom. The van der Waals surface area contributed by atoms with Crippen molar-refractivity contribution in [3.8, 4) is 0 Å². The van der Waals surface area contributed by atoms with E-state index in [9.17, 15) is 4.79 Å². The fourth-order valence-electron chi connectivity index (χ4n) is 2.24. The molecule has 2 aliphatic rings. The highest BCUT2D eigenvalue weighted by molar-refractivity contribution is 5.76. The van der Waals surface area contributed by atoms with Crippen LogP contribution < -0.4 is 0 Å². The summed E-state index contributed by atoms with van der Waals surface area (Å²) in [4.78, 5) is 11.0. The third-order valence-corrected chi connectivity index (χ3v) is 3.22. The molecule has 0 bridgehead atoms. The predicted molar refractivity (Wildman–Crippen MR) is 42.9 cm³/mol. The molecule has 0 unspecified atom stereocenters. The molecule has 0 aromatic heterocycles. The van der Waals surface area contributed by atoms with E-state index in [-0.39, 0.29) is 6.10 Å². The minimum Gasteiger partial charge on any atom is -0.481 e. The van der Waals surface area contributed by atoms with E-state index in [0.29, 0.717) is 0 Å². The normalized spacial score (nSPS) is 32.8. The van der Waals surface area contributed by atoms with Gasteiger partial charge in [-0.05, 0) is 25.7 Å². The summed E-state index contributed by atoms with van der Waals surface area (Å²) in [5.41, 5.74) is -0.503. The fraction of sp³-hybridized carbons (Fsp3) is 0.889. The molecule has 0 spiro atoms. The maximum absolute atomic E-state index is 11.0. The van der Waals surface area contributed by atoms with E-state index in [2.05, 4.69) is 0 Å². The van der Waals surface area contributed by atoms with Crippen LogP contribution in [-0.4, -0.2) is 23.8 Å². The van der Waals surface area contributed by atoms with Crippen molar-refractivity contribution in [1.29, 1.82) is 0 Å². The van der Waals surface area contributed by atoms with E-state index in [1.165, 1.54) is 0 Å². The van der Waals surface area contributed by atoms with Gasteiger partial charge in [0.25, 0.3) is 0 Å².